The monoisotopic (exact) mass is 287 g/mol. The number of aromatic nitrogens is 1. The number of benzene rings is 1. The van der Waals surface area contributed by atoms with Crippen molar-refractivity contribution < 1.29 is 9.66 Å². The SMILES string of the molecule is Cc1cc([N+](=O)[O-])c2ccnc(NCC3CCCO3)c2c1. The molecule has 0 saturated carbocycles. The van der Waals surface area contributed by atoms with Gasteiger partial charge in [0, 0.05) is 30.8 Å². The summed E-state index contributed by atoms with van der Waals surface area (Å²) in [4.78, 5) is 15.2. The fourth-order valence-electron chi connectivity index (χ4n) is 2.71. The minimum Gasteiger partial charge on any atom is -0.376 e. The molecule has 1 aromatic carbocycles. The number of aryl methyl sites for hydroxylation is 1. The molecule has 1 N–H and O–H groups in total. The molecule has 1 saturated heterocycles. The average Bonchev–Trinajstić information content (AvgIpc) is 2.97. The number of anilines is 1. The third-order valence-corrected chi connectivity index (χ3v) is 3.72. The van der Waals surface area contributed by atoms with Crippen LogP contribution in [0.4, 0.5) is 11.5 Å². The Morgan fingerprint density at radius 2 is 2.33 bits per heavy atom. The zero-order valence-electron chi connectivity index (χ0n) is 11.8. The molecule has 6 heteroatoms. The third kappa shape index (κ3) is 2.80. The van der Waals surface area contributed by atoms with Gasteiger partial charge >= 0.3 is 0 Å². The number of hydrogen-bond donors (Lipinski definition) is 1. The third-order valence-electron chi connectivity index (χ3n) is 3.72. The molecular weight excluding hydrogens is 270 g/mol. The van der Waals surface area contributed by atoms with Gasteiger partial charge in [-0.2, -0.15) is 0 Å². The Morgan fingerprint density at radius 1 is 1.48 bits per heavy atom. The van der Waals surface area contributed by atoms with E-state index in [9.17, 15) is 10.1 Å². The number of nitro groups is 1. The Balaban J connectivity index is 1.96. The van der Waals surface area contributed by atoms with E-state index in [2.05, 4.69) is 10.3 Å². The van der Waals surface area contributed by atoms with E-state index in [1.54, 1.807) is 18.3 Å². The number of nitrogens with zero attached hydrogens (tertiary/aromatic N) is 2. The van der Waals surface area contributed by atoms with Gasteiger partial charge in [-0.1, -0.05) is 0 Å². The molecule has 3 rings (SSSR count). The Bertz CT molecular complexity index is 681. The molecule has 1 aliphatic rings. The minimum atomic E-state index is -0.348. The van der Waals surface area contributed by atoms with Crippen molar-refractivity contribution in [3.05, 3.63) is 40.1 Å². The van der Waals surface area contributed by atoms with Crippen molar-refractivity contribution in [2.24, 2.45) is 0 Å². The second-order valence-corrected chi connectivity index (χ2v) is 5.31. The van der Waals surface area contributed by atoms with E-state index in [0.717, 1.165) is 30.4 Å². The number of rotatable bonds is 4. The highest BCUT2D eigenvalue weighted by Gasteiger charge is 2.18. The highest BCUT2D eigenvalue weighted by atomic mass is 16.6. The number of non-ortho nitro benzene ring substituents is 1. The summed E-state index contributed by atoms with van der Waals surface area (Å²) in [7, 11) is 0. The first-order valence-corrected chi connectivity index (χ1v) is 7.04. The van der Waals surface area contributed by atoms with Gasteiger partial charge < -0.3 is 10.1 Å². The van der Waals surface area contributed by atoms with Gasteiger partial charge in [0.1, 0.15) is 5.82 Å². The predicted molar refractivity (Wildman–Crippen MR) is 80.6 cm³/mol. The maximum atomic E-state index is 11.2. The van der Waals surface area contributed by atoms with Crippen molar-refractivity contribution in [1.82, 2.24) is 4.98 Å². The summed E-state index contributed by atoms with van der Waals surface area (Å²) in [5, 5.41) is 15.8. The van der Waals surface area contributed by atoms with Crippen LogP contribution in [0.5, 0.6) is 0 Å². The van der Waals surface area contributed by atoms with Crippen LogP contribution in [0.3, 0.4) is 0 Å². The first kappa shape index (κ1) is 13.8. The summed E-state index contributed by atoms with van der Waals surface area (Å²) in [6, 6.07) is 5.20. The molecule has 0 aliphatic carbocycles. The van der Waals surface area contributed by atoms with E-state index >= 15 is 0 Å². The molecule has 0 bridgehead atoms. The van der Waals surface area contributed by atoms with Crippen LogP contribution in [0.1, 0.15) is 18.4 Å². The van der Waals surface area contributed by atoms with E-state index in [1.807, 2.05) is 13.0 Å². The number of hydrogen-bond acceptors (Lipinski definition) is 5. The van der Waals surface area contributed by atoms with Gasteiger partial charge in [0.2, 0.25) is 0 Å². The highest BCUT2D eigenvalue weighted by molar-refractivity contribution is 5.98. The van der Waals surface area contributed by atoms with Crippen molar-refractivity contribution in [1.29, 1.82) is 0 Å². The number of nitrogens with one attached hydrogen (secondary N) is 1. The summed E-state index contributed by atoms with van der Waals surface area (Å²) in [5.74, 6) is 0.676. The van der Waals surface area contributed by atoms with Crippen LogP contribution in [0, 0.1) is 17.0 Å². The standard InChI is InChI=1S/C15H17N3O3/c1-10-7-13-12(14(8-10)18(19)20)4-5-16-15(13)17-9-11-3-2-6-21-11/h4-5,7-8,11H,2-3,6,9H2,1H3,(H,16,17). The van der Waals surface area contributed by atoms with E-state index in [-0.39, 0.29) is 16.7 Å². The lowest BCUT2D eigenvalue weighted by Gasteiger charge is -2.13. The van der Waals surface area contributed by atoms with Gasteiger partial charge in [0.25, 0.3) is 5.69 Å². The predicted octanol–water partition coefficient (Wildman–Crippen LogP) is 3.04. The number of pyridine rings is 1. The lowest BCUT2D eigenvalue weighted by atomic mass is 10.1. The van der Waals surface area contributed by atoms with Crippen molar-refractivity contribution in [2.45, 2.75) is 25.9 Å². The zero-order valence-corrected chi connectivity index (χ0v) is 11.8. The molecule has 1 atom stereocenters. The molecular formula is C15H17N3O3. The van der Waals surface area contributed by atoms with Crippen molar-refractivity contribution in [2.75, 3.05) is 18.5 Å². The summed E-state index contributed by atoms with van der Waals surface area (Å²) in [6.07, 6.45) is 3.92. The van der Waals surface area contributed by atoms with Crippen molar-refractivity contribution >= 4 is 22.3 Å². The summed E-state index contributed by atoms with van der Waals surface area (Å²) in [6.45, 7) is 3.33. The van der Waals surface area contributed by atoms with E-state index in [1.165, 1.54) is 0 Å². The van der Waals surface area contributed by atoms with Gasteiger partial charge in [-0.05, 0) is 37.5 Å². The van der Waals surface area contributed by atoms with Gasteiger partial charge in [0.05, 0.1) is 16.4 Å². The molecule has 0 amide bonds. The van der Waals surface area contributed by atoms with Gasteiger partial charge in [0.15, 0.2) is 0 Å². The molecule has 2 heterocycles. The summed E-state index contributed by atoms with van der Waals surface area (Å²) < 4.78 is 5.57. The van der Waals surface area contributed by atoms with Crippen molar-refractivity contribution in [3.63, 3.8) is 0 Å². The van der Waals surface area contributed by atoms with Crippen molar-refractivity contribution in [3.8, 4) is 0 Å². The maximum Gasteiger partial charge on any atom is 0.277 e. The van der Waals surface area contributed by atoms with Crippen LogP contribution >= 0.6 is 0 Å². The first-order valence-electron chi connectivity index (χ1n) is 7.04. The summed E-state index contributed by atoms with van der Waals surface area (Å²) in [5.41, 5.74) is 0.968. The van der Waals surface area contributed by atoms with E-state index in [4.69, 9.17) is 4.74 Å². The Hall–Kier alpha value is -2.21. The van der Waals surface area contributed by atoms with Crippen LogP contribution in [0.2, 0.25) is 0 Å². The smallest absolute Gasteiger partial charge is 0.277 e. The number of nitro benzene ring substituents is 1. The normalized spacial score (nSPS) is 18.0. The molecule has 2 aromatic rings. The number of fused-ring (bicyclic) bond motifs is 1. The highest BCUT2D eigenvalue weighted by Crippen LogP contribution is 2.31. The van der Waals surface area contributed by atoms with Crippen LogP contribution in [-0.4, -0.2) is 29.2 Å². The molecule has 1 aliphatic heterocycles. The molecule has 6 nitrogen and oxygen atoms in total. The van der Waals surface area contributed by atoms with E-state index < -0.39 is 0 Å². The fraction of sp³-hybridized carbons (Fsp3) is 0.400. The zero-order chi connectivity index (χ0) is 14.8. The first-order chi connectivity index (χ1) is 10.1. The van der Waals surface area contributed by atoms with Gasteiger partial charge in [-0.15, -0.1) is 0 Å². The topological polar surface area (TPSA) is 77.3 Å². The van der Waals surface area contributed by atoms with Crippen LogP contribution in [-0.2, 0) is 4.74 Å². The quantitative estimate of drug-likeness (QED) is 0.690. The largest absolute Gasteiger partial charge is 0.376 e. The molecule has 0 spiro atoms. The number of ether oxygens (including phenoxy) is 1. The second kappa shape index (κ2) is 5.65. The Morgan fingerprint density at radius 3 is 3.05 bits per heavy atom. The van der Waals surface area contributed by atoms with Crippen LogP contribution < -0.4 is 5.32 Å². The van der Waals surface area contributed by atoms with Gasteiger partial charge in [-0.3, -0.25) is 10.1 Å². The molecule has 1 unspecified atom stereocenters. The molecule has 1 fully saturated rings. The molecule has 0 radical (unpaired) electrons. The van der Waals surface area contributed by atoms with Gasteiger partial charge in [-0.25, -0.2) is 4.98 Å². The maximum absolute atomic E-state index is 11.2. The summed E-state index contributed by atoms with van der Waals surface area (Å²) >= 11 is 0. The van der Waals surface area contributed by atoms with Crippen LogP contribution in [0.15, 0.2) is 24.4 Å². The second-order valence-electron chi connectivity index (χ2n) is 5.31. The molecule has 1 aromatic heterocycles. The van der Waals surface area contributed by atoms with Crippen LogP contribution in [0.25, 0.3) is 10.8 Å². The molecule has 21 heavy (non-hydrogen) atoms. The molecule has 110 valence electrons. The average molecular weight is 287 g/mol. The minimum absolute atomic E-state index is 0.118. The Kier molecular flexibility index (Phi) is 3.70. The lowest BCUT2D eigenvalue weighted by molar-refractivity contribution is -0.383. The van der Waals surface area contributed by atoms with E-state index in [0.29, 0.717) is 17.7 Å². The fourth-order valence-corrected chi connectivity index (χ4v) is 2.71. The Labute approximate surface area is 122 Å². The lowest BCUT2D eigenvalue weighted by Crippen LogP contribution is -2.19.